The van der Waals surface area contributed by atoms with Crippen molar-refractivity contribution in [3.63, 3.8) is 0 Å². The zero-order valence-corrected chi connectivity index (χ0v) is 15.6. The Kier molecular flexibility index (Phi) is 4.85. The van der Waals surface area contributed by atoms with E-state index in [1.54, 1.807) is 7.11 Å². The molecule has 0 spiro atoms. The summed E-state index contributed by atoms with van der Waals surface area (Å²) in [5, 5.41) is 9.21. The third kappa shape index (κ3) is 3.29. The summed E-state index contributed by atoms with van der Waals surface area (Å²) in [7, 11) is 1.70. The summed E-state index contributed by atoms with van der Waals surface area (Å²) in [5.41, 5.74) is 4.50. The molecule has 0 aliphatic carbocycles. The van der Waals surface area contributed by atoms with Crippen molar-refractivity contribution in [3.8, 4) is 11.4 Å². The quantitative estimate of drug-likeness (QED) is 0.714. The summed E-state index contributed by atoms with van der Waals surface area (Å²) in [5.74, 6) is 1.95. The van der Waals surface area contributed by atoms with Crippen LogP contribution in [0.1, 0.15) is 29.7 Å². The van der Waals surface area contributed by atoms with Gasteiger partial charge in [0.2, 0.25) is 0 Å². The highest BCUT2D eigenvalue weighted by atomic mass is 35.5. The van der Waals surface area contributed by atoms with Gasteiger partial charge < -0.3 is 10.1 Å². The van der Waals surface area contributed by atoms with E-state index in [9.17, 15) is 0 Å². The summed E-state index contributed by atoms with van der Waals surface area (Å²) in [6.07, 6.45) is 4.14. The van der Waals surface area contributed by atoms with Crippen molar-refractivity contribution >= 4 is 17.4 Å². The van der Waals surface area contributed by atoms with Gasteiger partial charge in [0.05, 0.1) is 23.5 Å². The van der Waals surface area contributed by atoms with Crippen LogP contribution in [0.2, 0.25) is 5.02 Å². The Balaban J connectivity index is 1.78. The van der Waals surface area contributed by atoms with Crippen LogP contribution in [0.25, 0.3) is 5.69 Å². The number of hydrogen-bond donors (Lipinski definition) is 1. The number of aromatic nitrogens is 2. The average molecular weight is 368 g/mol. The van der Waals surface area contributed by atoms with E-state index in [-0.39, 0.29) is 0 Å². The van der Waals surface area contributed by atoms with E-state index in [0.29, 0.717) is 5.02 Å². The molecule has 1 aliphatic rings. The van der Waals surface area contributed by atoms with Crippen LogP contribution in [-0.2, 0) is 12.8 Å². The van der Waals surface area contributed by atoms with Gasteiger partial charge in [-0.25, -0.2) is 4.68 Å². The van der Waals surface area contributed by atoms with E-state index < -0.39 is 0 Å². The average Bonchev–Trinajstić information content (AvgIpc) is 2.84. The number of ether oxygens (including phenoxy) is 1. The molecule has 0 saturated carbocycles. The molecule has 4 rings (SSSR count). The molecule has 4 nitrogen and oxygen atoms in total. The Hall–Kier alpha value is -2.46. The van der Waals surface area contributed by atoms with E-state index in [2.05, 4.69) is 17.4 Å². The molecule has 134 valence electrons. The second kappa shape index (κ2) is 7.42. The van der Waals surface area contributed by atoms with Gasteiger partial charge in [0.1, 0.15) is 11.6 Å². The molecule has 1 aliphatic heterocycles. The van der Waals surface area contributed by atoms with Gasteiger partial charge in [0.15, 0.2) is 0 Å². The van der Waals surface area contributed by atoms with Crippen molar-refractivity contribution in [2.75, 3.05) is 19.0 Å². The molecule has 1 aromatic heterocycles. The predicted molar refractivity (Wildman–Crippen MR) is 106 cm³/mol. The Morgan fingerprint density at radius 2 is 2.04 bits per heavy atom. The molecular formula is C21H22ClN3O. The number of rotatable bonds is 4. The smallest absolute Gasteiger partial charge is 0.133 e. The number of hydrogen-bond acceptors (Lipinski definition) is 3. The Labute approximate surface area is 158 Å². The zero-order valence-electron chi connectivity index (χ0n) is 14.8. The number of fused-ring (bicyclic) bond motifs is 1. The molecule has 0 bridgehead atoms. The van der Waals surface area contributed by atoms with Gasteiger partial charge in [0, 0.05) is 18.5 Å². The van der Waals surface area contributed by atoms with Crippen molar-refractivity contribution < 1.29 is 4.74 Å². The zero-order chi connectivity index (χ0) is 17.9. The lowest BCUT2D eigenvalue weighted by Crippen LogP contribution is -2.07. The topological polar surface area (TPSA) is 39.1 Å². The number of halogens is 1. The molecule has 2 heterocycles. The van der Waals surface area contributed by atoms with Gasteiger partial charge in [-0.05, 0) is 49.1 Å². The molecule has 5 heteroatoms. The van der Waals surface area contributed by atoms with Crippen LogP contribution in [0.15, 0.2) is 48.5 Å². The van der Waals surface area contributed by atoms with Crippen molar-refractivity contribution in [3.05, 3.63) is 70.4 Å². The Bertz CT molecular complexity index is 919. The molecule has 26 heavy (non-hydrogen) atoms. The molecule has 2 aromatic carbocycles. The summed E-state index contributed by atoms with van der Waals surface area (Å²) in [4.78, 5) is 0. The minimum absolute atomic E-state index is 0.705. The fourth-order valence-electron chi connectivity index (χ4n) is 3.49. The van der Waals surface area contributed by atoms with Crippen LogP contribution < -0.4 is 10.1 Å². The number of anilines is 1. The number of nitrogens with one attached hydrogen (secondary N) is 1. The highest BCUT2D eigenvalue weighted by Gasteiger charge is 2.21. The minimum atomic E-state index is 0.705. The lowest BCUT2D eigenvalue weighted by atomic mass is 10.0. The van der Waals surface area contributed by atoms with Gasteiger partial charge in [-0.15, -0.1) is 0 Å². The van der Waals surface area contributed by atoms with Crippen LogP contribution >= 0.6 is 11.6 Å². The molecule has 3 aromatic rings. The first-order valence-corrected chi connectivity index (χ1v) is 9.36. The molecule has 0 unspecified atom stereocenters. The summed E-state index contributed by atoms with van der Waals surface area (Å²) in [6, 6.07) is 16.0. The lowest BCUT2D eigenvalue weighted by Gasteiger charge is -2.10. The van der Waals surface area contributed by atoms with Gasteiger partial charge in [-0.1, -0.05) is 35.9 Å². The van der Waals surface area contributed by atoms with Gasteiger partial charge in [0.25, 0.3) is 0 Å². The van der Waals surface area contributed by atoms with Crippen LogP contribution in [0, 0.1) is 0 Å². The number of methoxy groups -OCH3 is 1. The Morgan fingerprint density at radius 1 is 1.15 bits per heavy atom. The standard InChI is InChI=1S/C21H22ClN3O/c1-26-16-8-6-7-15(13-16)14-19-17-9-4-5-12-23-21(17)25(24-19)20-11-3-2-10-18(20)22/h2-3,6-8,10-11,13,23H,4-5,9,12,14H2,1H3. The highest BCUT2D eigenvalue weighted by molar-refractivity contribution is 6.32. The molecule has 1 N–H and O–H groups in total. The van der Waals surface area contributed by atoms with Crippen LogP contribution in [0.4, 0.5) is 5.82 Å². The van der Waals surface area contributed by atoms with Crippen molar-refractivity contribution in [1.29, 1.82) is 0 Å². The summed E-state index contributed by atoms with van der Waals surface area (Å²) in [6.45, 7) is 0.960. The fourth-order valence-corrected chi connectivity index (χ4v) is 3.70. The first kappa shape index (κ1) is 17.0. The van der Waals surface area contributed by atoms with Crippen LogP contribution in [-0.4, -0.2) is 23.4 Å². The SMILES string of the molecule is COc1cccc(Cc2nn(-c3ccccc3Cl)c3c2CCCCN3)c1. The van der Waals surface area contributed by atoms with Gasteiger partial charge in [-0.3, -0.25) is 0 Å². The maximum absolute atomic E-state index is 6.45. The number of benzene rings is 2. The van der Waals surface area contributed by atoms with E-state index in [0.717, 1.165) is 48.8 Å². The monoisotopic (exact) mass is 367 g/mol. The van der Waals surface area contributed by atoms with Crippen LogP contribution in [0.3, 0.4) is 0 Å². The van der Waals surface area contributed by atoms with Crippen LogP contribution in [0.5, 0.6) is 5.75 Å². The second-order valence-electron chi connectivity index (χ2n) is 6.55. The maximum Gasteiger partial charge on any atom is 0.133 e. The number of para-hydroxylation sites is 1. The maximum atomic E-state index is 6.45. The number of nitrogens with zero attached hydrogens (tertiary/aromatic N) is 2. The first-order valence-electron chi connectivity index (χ1n) is 8.99. The largest absolute Gasteiger partial charge is 0.497 e. The van der Waals surface area contributed by atoms with Gasteiger partial charge in [-0.2, -0.15) is 5.10 Å². The molecule has 0 amide bonds. The molecule has 0 atom stereocenters. The summed E-state index contributed by atoms with van der Waals surface area (Å²) < 4.78 is 7.33. The van der Waals surface area contributed by atoms with Crippen molar-refractivity contribution in [2.45, 2.75) is 25.7 Å². The van der Waals surface area contributed by atoms with E-state index >= 15 is 0 Å². The Morgan fingerprint density at radius 3 is 2.88 bits per heavy atom. The minimum Gasteiger partial charge on any atom is -0.497 e. The van der Waals surface area contributed by atoms with Gasteiger partial charge >= 0.3 is 0 Å². The van der Waals surface area contributed by atoms with E-state index in [4.69, 9.17) is 21.4 Å². The normalized spacial score (nSPS) is 13.6. The first-order chi connectivity index (χ1) is 12.8. The summed E-state index contributed by atoms with van der Waals surface area (Å²) >= 11 is 6.45. The highest BCUT2D eigenvalue weighted by Crippen LogP contribution is 2.32. The second-order valence-corrected chi connectivity index (χ2v) is 6.96. The lowest BCUT2D eigenvalue weighted by molar-refractivity contribution is 0.414. The molecule has 0 fully saturated rings. The third-order valence-electron chi connectivity index (χ3n) is 4.80. The molecule has 0 radical (unpaired) electrons. The molecular weight excluding hydrogens is 346 g/mol. The van der Waals surface area contributed by atoms with E-state index in [1.165, 1.54) is 17.5 Å². The van der Waals surface area contributed by atoms with Crippen molar-refractivity contribution in [1.82, 2.24) is 9.78 Å². The van der Waals surface area contributed by atoms with Crippen molar-refractivity contribution in [2.24, 2.45) is 0 Å². The molecule has 0 saturated heterocycles. The predicted octanol–water partition coefficient (Wildman–Crippen LogP) is 4.87. The fraction of sp³-hybridized carbons (Fsp3) is 0.286. The van der Waals surface area contributed by atoms with E-state index in [1.807, 2.05) is 41.1 Å². The third-order valence-corrected chi connectivity index (χ3v) is 5.12.